The lowest BCUT2D eigenvalue weighted by Crippen LogP contribution is -2.41. The molecule has 16 heavy (non-hydrogen) atoms. The highest BCUT2D eigenvalue weighted by molar-refractivity contribution is 5.76. The third-order valence-corrected chi connectivity index (χ3v) is 3.29. The van der Waals surface area contributed by atoms with Crippen LogP contribution in [0.5, 0.6) is 0 Å². The van der Waals surface area contributed by atoms with Crippen LogP contribution in [0.15, 0.2) is 0 Å². The maximum absolute atomic E-state index is 11.6. The maximum atomic E-state index is 11.6. The first kappa shape index (κ1) is 13.5. The van der Waals surface area contributed by atoms with Crippen LogP contribution in [0.2, 0.25) is 0 Å². The fourth-order valence-electron chi connectivity index (χ4n) is 2.15. The largest absolute Gasteiger partial charge is 0.353 e. The van der Waals surface area contributed by atoms with Gasteiger partial charge in [0.15, 0.2) is 0 Å². The zero-order valence-corrected chi connectivity index (χ0v) is 10.8. The molecule has 0 heterocycles. The molecule has 0 saturated heterocycles. The summed E-state index contributed by atoms with van der Waals surface area (Å²) in [6.07, 6.45) is 5.18. The minimum absolute atomic E-state index is 0.196. The number of carbonyl (C=O) groups is 1. The molecule has 0 aromatic heterocycles. The van der Waals surface area contributed by atoms with Crippen LogP contribution in [0, 0.1) is 0 Å². The smallest absolute Gasteiger partial charge is 0.221 e. The molecule has 1 aliphatic carbocycles. The van der Waals surface area contributed by atoms with E-state index >= 15 is 0 Å². The van der Waals surface area contributed by atoms with Crippen LogP contribution in [0.1, 0.15) is 32.1 Å². The first-order valence-electron chi connectivity index (χ1n) is 6.23. The molecular formula is C12H25N3O. The quantitative estimate of drug-likeness (QED) is 0.722. The van der Waals surface area contributed by atoms with Crippen molar-refractivity contribution < 1.29 is 4.79 Å². The van der Waals surface area contributed by atoms with Gasteiger partial charge in [0.25, 0.3) is 0 Å². The van der Waals surface area contributed by atoms with E-state index in [4.69, 9.17) is 0 Å². The van der Waals surface area contributed by atoms with Gasteiger partial charge in [0, 0.05) is 25.0 Å². The Hall–Kier alpha value is -0.610. The van der Waals surface area contributed by atoms with Gasteiger partial charge in [0.05, 0.1) is 0 Å². The molecule has 0 unspecified atom stereocenters. The summed E-state index contributed by atoms with van der Waals surface area (Å²) in [6, 6.07) is 1.05. The van der Waals surface area contributed by atoms with E-state index in [2.05, 4.69) is 10.6 Å². The molecule has 4 heteroatoms. The highest BCUT2D eigenvalue weighted by Gasteiger charge is 2.20. The van der Waals surface area contributed by atoms with Crippen LogP contribution in [-0.4, -0.2) is 50.6 Å². The molecule has 0 spiro atoms. The molecule has 0 radical (unpaired) electrons. The number of amides is 1. The van der Waals surface area contributed by atoms with Crippen molar-refractivity contribution in [2.24, 2.45) is 0 Å². The molecule has 0 aromatic rings. The van der Waals surface area contributed by atoms with Crippen LogP contribution >= 0.6 is 0 Å². The lowest BCUT2D eigenvalue weighted by atomic mass is 9.91. The molecule has 0 atom stereocenters. The zero-order valence-electron chi connectivity index (χ0n) is 10.8. The summed E-state index contributed by atoms with van der Waals surface area (Å²) in [7, 11) is 6.00. The molecule has 1 amide bonds. The van der Waals surface area contributed by atoms with Crippen LogP contribution in [0.4, 0.5) is 0 Å². The number of hydrogen-bond acceptors (Lipinski definition) is 3. The normalized spacial score (nSPS) is 25.8. The van der Waals surface area contributed by atoms with Crippen LogP contribution in [0.25, 0.3) is 0 Å². The van der Waals surface area contributed by atoms with Crippen molar-refractivity contribution in [2.45, 2.75) is 44.2 Å². The summed E-state index contributed by atoms with van der Waals surface area (Å²) in [4.78, 5) is 13.7. The highest BCUT2D eigenvalue weighted by Crippen LogP contribution is 2.18. The molecule has 0 aromatic carbocycles. The minimum Gasteiger partial charge on any atom is -0.353 e. The summed E-state index contributed by atoms with van der Waals surface area (Å²) in [6.45, 7) is 0.831. The molecule has 1 rings (SSSR count). The average molecular weight is 227 g/mol. The van der Waals surface area contributed by atoms with Gasteiger partial charge in [-0.1, -0.05) is 0 Å². The molecule has 0 aliphatic heterocycles. The van der Waals surface area contributed by atoms with Crippen LogP contribution in [0.3, 0.4) is 0 Å². The Labute approximate surface area is 98.8 Å². The maximum Gasteiger partial charge on any atom is 0.221 e. The van der Waals surface area contributed by atoms with E-state index in [-0.39, 0.29) is 5.91 Å². The second-order valence-electron chi connectivity index (χ2n) is 4.96. The number of rotatable bonds is 5. The second kappa shape index (κ2) is 6.86. The molecule has 0 bridgehead atoms. The first-order valence-corrected chi connectivity index (χ1v) is 6.23. The van der Waals surface area contributed by atoms with Gasteiger partial charge in [-0.3, -0.25) is 4.79 Å². The van der Waals surface area contributed by atoms with Crippen LogP contribution < -0.4 is 10.6 Å². The predicted octanol–water partition coefficient (Wildman–Crippen LogP) is 0.585. The van der Waals surface area contributed by atoms with E-state index in [1.54, 1.807) is 0 Å². The average Bonchev–Trinajstić information content (AvgIpc) is 2.27. The minimum atomic E-state index is 0.196. The molecule has 4 nitrogen and oxygen atoms in total. The predicted molar refractivity (Wildman–Crippen MR) is 66.4 cm³/mol. The van der Waals surface area contributed by atoms with Crippen molar-refractivity contribution in [3.63, 3.8) is 0 Å². The number of nitrogens with zero attached hydrogens (tertiary/aromatic N) is 1. The van der Waals surface area contributed by atoms with E-state index in [0.717, 1.165) is 19.4 Å². The molecule has 1 aliphatic rings. The SMILES string of the molecule is CNC1CCC(NC(=O)CCN(C)C)CC1. The Kier molecular flexibility index (Phi) is 5.77. The Morgan fingerprint density at radius 3 is 2.25 bits per heavy atom. The van der Waals surface area contributed by atoms with Crippen molar-refractivity contribution in [2.75, 3.05) is 27.7 Å². The fraction of sp³-hybridized carbons (Fsp3) is 0.917. The van der Waals surface area contributed by atoms with Crippen molar-refractivity contribution in [3.05, 3.63) is 0 Å². The first-order chi connectivity index (χ1) is 7.61. The summed E-state index contributed by atoms with van der Waals surface area (Å²) in [5.41, 5.74) is 0. The molecular weight excluding hydrogens is 202 g/mol. The third kappa shape index (κ3) is 4.94. The molecule has 2 N–H and O–H groups in total. The number of nitrogens with one attached hydrogen (secondary N) is 2. The topological polar surface area (TPSA) is 44.4 Å². The van der Waals surface area contributed by atoms with Gasteiger partial charge in [-0.2, -0.15) is 0 Å². The van der Waals surface area contributed by atoms with Crippen LogP contribution in [-0.2, 0) is 4.79 Å². The zero-order chi connectivity index (χ0) is 12.0. The van der Waals surface area contributed by atoms with Gasteiger partial charge >= 0.3 is 0 Å². The Bertz CT molecular complexity index is 210. The number of carbonyl (C=O) groups excluding carboxylic acids is 1. The molecule has 1 fully saturated rings. The van der Waals surface area contributed by atoms with Gasteiger partial charge in [-0.05, 0) is 46.8 Å². The van der Waals surface area contributed by atoms with Gasteiger partial charge in [-0.15, -0.1) is 0 Å². The molecule has 1 saturated carbocycles. The van der Waals surface area contributed by atoms with E-state index < -0.39 is 0 Å². The highest BCUT2D eigenvalue weighted by atomic mass is 16.1. The monoisotopic (exact) mass is 227 g/mol. The van der Waals surface area contributed by atoms with Crippen molar-refractivity contribution in [3.8, 4) is 0 Å². The third-order valence-electron chi connectivity index (χ3n) is 3.29. The summed E-state index contributed by atoms with van der Waals surface area (Å²) in [5, 5.41) is 6.42. The second-order valence-corrected chi connectivity index (χ2v) is 4.96. The molecule has 94 valence electrons. The standard InChI is InChI=1S/C12H25N3O/c1-13-10-4-6-11(7-5-10)14-12(16)8-9-15(2)3/h10-11,13H,4-9H2,1-3H3,(H,14,16). The van der Waals surface area contributed by atoms with E-state index in [0.29, 0.717) is 18.5 Å². The van der Waals surface area contributed by atoms with Crippen molar-refractivity contribution >= 4 is 5.91 Å². The summed E-state index contributed by atoms with van der Waals surface area (Å²) < 4.78 is 0. The van der Waals surface area contributed by atoms with Gasteiger partial charge < -0.3 is 15.5 Å². The lowest BCUT2D eigenvalue weighted by Gasteiger charge is -2.28. The number of hydrogen-bond donors (Lipinski definition) is 2. The van der Waals surface area contributed by atoms with E-state index in [1.807, 2.05) is 26.0 Å². The van der Waals surface area contributed by atoms with E-state index in [9.17, 15) is 4.79 Å². The Morgan fingerprint density at radius 2 is 1.75 bits per heavy atom. The Balaban J connectivity index is 2.15. The van der Waals surface area contributed by atoms with Gasteiger partial charge in [0.2, 0.25) is 5.91 Å². The van der Waals surface area contributed by atoms with Crippen molar-refractivity contribution in [1.29, 1.82) is 0 Å². The van der Waals surface area contributed by atoms with E-state index in [1.165, 1.54) is 12.8 Å². The summed E-state index contributed by atoms with van der Waals surface area (Å²) in [5.74, 6) is 0.196. The van der Waals surface area contributed by atoms with Gasteiger partial charge in [0.1, 0.15) is 0 Å². The fourth-order valence-corrected chi connectivity index (χ4v) is 2.15. The van der Waals surface area contributed by atoms with Gasteiger partial charge in [-0.25, -0.2) is 0 Å². The lowest BCUT2D eigenvalue weighted by molar-refractivity contribution is -0.122. The summed E-state index contributed by atoms with van der Waals surface area (Å²) >= 11 is 0. The Morgan fingerprint density at radius 1 is 1.19 bits per heavy atom. The van der Waals surface area contributed by atoms with Crippen molar-refractivity contribution in [1.82, 2.24) is 15.5 Å².